The van der Waals surface area contributed by atoms with Gasteiger partial charge in [0.25, 0.3) is 5.56 Å². The third kappa shape index (κ3) is 2.36. The van der Waals surface area contributed by atoms with Gasteiger partial charge in [-0.2, -0.15) is 4.98 Å². The normalized spacial score (nSPS) is 23.6. The number of rotatable bonds is 1. The summed E-state index contributed by atoms with van der Waals surface area (Å²) >= 11 is 0. The highest BCUT2D eigenvalue weighted by Crippen LogP contribution is 2.44. The third-order valence-electron chi connectivity index (χ3n) is 5.57. The zero-order chi connectivity index (χ0) is 18.1. The molecule has 134 valence electrons. The van der Waals surface area contributed by atoms with Crippen molar-refractivity contribution in [2.24, 2.45) is 18.4 Å². The fourth-order valence-corrected chi connectivity index (χ4v) is 4.83. The van der Waals surface area contributed by atoms with E-state index in [1.807, 2.05) is 10.6 Å². The Kier molecular flexibility index (Phi) is 3.30. The number of hydrogen-bond donors (Lipinski definition) is 1. The molecule has 3 aromatic rings. The quantitative estimate of drug-likeness (QED) is 0.737. The van der Waals surface area contributed by atoms with Crippen molar-refractivity contribution in [2.45, 2.75) is 53.0 Å². The second-order valence-corrected chi connectivity index (χ2v) is 8.48. The van der Waals surface area contributed by atoms with Gasteiger partial charge in [-0.15, -0.1) is 0 Å². The molecule has 1 fully saturated rings. The summed E-state index contributed by atoms with van der Waals surface area (Å²) in [4.78, 5) is 31.3. The maximum Gasteiger partial charge on any atom is 0.329 e. The summed E-state index contributed by atoms with van der Waals surface area (Å²) in [5, 5.41) is 0. The highest BCUT2D eigenvalue weighted by atomic mass is 16.2. The van der Waals surface area contributed by atoms with E-state index in [2.05, 4.69) is 42.2 Å². The average Bonchev–Trinajstić information content (AvgIpc) is 2.97. The zero-order valence-electron chi connectivity index (χ0n) is 15.5. The Morgan fingerprint density at radius 1 is 1.28 bits per heavy atom. The van der Waals surface area contributed by atoms with Gasteiger partial charge in [-0.05, 0) is 37.5 Å². The monoisotopic (exact) mass is 343 g/mol. The van der Waals surface area contributed by atoms with Gasteiger partial charge in [0.15, 0.2) is 11.2 Å². The standard InChI is InChI=1S/C18H25N5O2/c1-10-6-12(8-18(3,4)7-10)23-11(2)9-22-13-14(19-16(22)23)21(5)17(25)20-15(13)24/h9-10,12H,6-8H2,1-5H3,(H,20,24,25). The highest BCUT2D eigenvalue weighted by molar-refractivity contribution is 5.75. The molecule has 0 aromatic carbocycles. The molecule has 1 saturated carbocycles. The molecule has 25 heavy (non-hydrogen) atoms. The second-order valence-electron chi connectivity index (χ2n) is 8.48. The van der Waals surface area contributed by atoms with Crippen molar-refractivity contribution < 1.29 is 0 Å². The van der Waals surface area contributed by atoms with Gasteiger partial charge in [0, 0.05) is 25.0 Å². The number of fused-ring (bicyclic) bond motifs is 3. The zero-order valence-corrected chi connectivity index (χ0v) is 15.5. The molecule has 1 aliphatic carbocycles. The Bertz CT molecular complexity index is 1090. The molecule has 0 spiro atoms. The lowest BCUT2D eigenvalue weighted by atomic mass is 9.70. The van der Waals surface area contributed by atoms with Crippen LogP contribution in [0.2, 0.25) is 0 Å². The van der Waals surface area contributed by atoms with Gasteiger partial charge in [-0.25, -0.2) is 4.79 Å². The minimum absolute atomic E-state index is 0.284. The van der Waals surface area contributed by atoms with E-state index < -0.39 is 5.69 Å². The molecule has 2 atom stereocenters. The number of hydrogen-bond acceptors (Lipinski definition) is 3. The van der Waals surface area contributed by atoms with Crippen molar-refractivity contribution in [3.63, 3.8) is 0 Å². The summed E-state index contributed by atoms with van der Waals surface area (Å²) < 4.78 is 5.48. The molecular formula is C18H25N5O2. The molecule has 0 saturated heterocycles. The van der Waals surface area contributed by atoms with Crippen LogP contribution in [0.1, 0.15) is 51.8 Å². The fourth-order valence-electron chi connectivity index (χ4n) is 4.83. The van der Waals surface area contributed by atoms with Gasteiger partial charge in [0.05, 0.1) is 0 Å². The van der Waals surface area contributed by atoms with Gasteiger partial charge in [0.1, 0.15) is 0 Å². The summed E-state index contributed by atoms with van der Waals surface area (Å²) in [6.07, 6.45) is 5.37. The number of aromatic nitrogens is 5. The van der Waals surface area contributed by atoms with Gasteiger partial charge < -0.3 is 4.57 Å². The smallest absolute Gasteiger partial charge is 0.311 e. The van der Waals surface area contributed by atoms with Crippen LogP contribution < -0.4 is 11.2 Å². The fraction of sp³-hybridized carbons (Fsp3) is 0.611. The van der Waals surface area contributed by atoms with Crippen LogP contribution in [-0.2, 0) is 7.05 Å². The van der Waals surface area contributed by atoms with E-state index in [1.165, 1.54) is 11.0 Å². The van der Waals surface area contributed by atoms with Crippen LogP contribution in [0.15, 0.2) is 15.8 Å². The predicted octanol–water partition coefficient (Wildman–Crippen LogP) is 2.37. The molecule has 0 radical (unpaired) electrons. The van der Waals surface area contributed by atoms with Crippen LogP contribution in [0.25, 0.3) is 16.9 Å². The topological polar surface area (TPSA) is 77.1 Å². The predicted molar refractivity (Wildman–Crippen MR) is 97.1 cm³/mol. The first-order valence-electron chi connectivity index (χ1n) is 8.87. The number of nitrogens with one attached hydrogen (secondary N) is 1. The first-order chi connectivity index (χ1) is 11.7. The van der Waals surface area contributed by atoms with E-state index in [9.17, 15) is 9.59 Å². The average molecular weight is 343 g/mol. The largest absolute Gasteiger partial charge is 0.329 e. The summed E-state index contributed by atoms with van der Waals surface area (Å²) in [7, 11) is 1.63. The van der Waals surface area contributed by atoms with Gasteiger partial charge in [-0.1, -0.05) is 20.8 Å². The Balaban J connectivity index is 1.99. The van der Waals surface area contributed by atoms with Crippen molar-refractivity contribution in [1.82, 2.24) is 23.5 Å². The van der Waals surface area contributed by atoms with Crippen LogP contribution in [-0.4, -0.2) is 23.5 Å². The molecule has 3 aromatic heterocycles. The number of imidazole rings is 2. The maximum atomic E-state index is 12.3. The Morgan fingerprint density at radius 3 is 2.68 bits per heavy atom. The summed E-state index contributed by atoms with van der Waals surface area (Å²) in [6.45, 7) is 9.01. The minimum atomic E-state index is -0.436. The van der Waals surface area contributed by atoms with Gasteiger partial charge >= 0.3 is 5.69 Å². The molecule has 7 heteroatoms. The van der Waals surface area contributed by atoms with E-state index in [0.29, 0.717) is 23.1 Å². The summed E-state index contributed by atoms with van der Waals surface area (Å²) in [5.74, 6) is 1.39. The molecular weight excluding hydrogens is 318 g/mol. The van der Waals surface area contributed by atoms with E-state index in [0.717, 1.165) is 24.3 Å². The van der Waals surface area contributed by atoms with Crippen molar-refractivity contribution >= 4 is 16.9 Å². The lowest BCUT2D eigenvalue weighted by molar-refractivity contribution is 0.138. The third-order valence-corrected chi connectivity index (χ3v) is 5.57. The lowest BCUT2D eigenvalue weighted by Gasteiger charge is -2.39. The molecule has 3 heterocycles. The highest BCUT2D eigenvalue weighted by Gasteiger charge is 2.34. The van der Waals surface area contributed by atoms with E-state index in [4.69, 9.17) is 0 Å². The van der Waals surface area contributed by atoms with Crippen molar-refractivity contribution in [1.29, 1.82) is 0 Å². The van der Waals surface area contributed by atoms with Crippen LogP contribution >= 0.6 is 0 Å². The number of H-pyrrole nitrogens is 1. The molecule has 4 rings (SSSR count). The molecule has 1 N–H and O–H groups in total. The first-order valence-corrected chi connectivity index (χ1v) is 8.87. The van der Waals surface area contributed by atoms with Crippen molar-refractivity contribution in [3.05, 3.63) is 32.7 Å². The Labute approximate surface area is 145 Å². The second kappa shape index (κ2) is 5.09. The molecule has 2 unspecified atom stereocenters. The number of aromatic amines is 1. The Morgan fingerprint density at radius 2 is 2.00 bits per heavy atom. The van der Waals surface area contributed by atoms with Crippen LogP contribution in [0.3, 0.4) is 0 Å². The SMILES string of the molecule is Cc1cn2c3c(=O)[nH]c(=O)n(C)c3nc2n1C1CC(C)CC(C)(C)C1. The Hall–Kier alpha value is -2.31. The van der Waals surface area contributed by atoms with Crippen molar-refractivity contribution in [2.75, 3.05) is 0 Å². The summed E-state index contributed by atoms with van der Waals surface area (Å²) in [6, 6.07) is 0.351. The number of aryl methyl sites for hydroxylation is 2. The lowest BCUT2D eigenvalue weighted by Crippen LogP contribution is -2.29. The minimum Gasteiger partial charge on any atom is -0.311 e. The molecule has 0 amide bonds. The van der Waals surface area contributed by atoms with Gasteiger partial charge in [0.2, 0.25) is 5.78 Å². The van der Waals surface area contributed by atoms with Crippen LogP contribution in [0, 0.1) is 18.3 Å². The van der Waals surface area contributed by atoms with E-state index >= 15 is 0 Å². The summed E-state index contributed by atoms with van der Waals surface area (Å²) in [5.41, 5.74) is 1.41. The van der Waals surface area contributed by atoms with E-state index in [-0.39, 0.29) is 11.0 Å². The molecule has 7 nitrogen and oxygen atoms in total. The van der Waals surface area contributed by atoms with E-state index in [1.54, 1.807) is 7.05 Å². The molecule has 0 aliphatic heterocycles. The van der Waals surface area contributed by atoms with Crippen LogP contribution in [0.5, 0.6) is 0 Å². The number of nitrogens with zero attached hydrogens (tertiary/aromatic N) is 4. The van der Waals surface area contributed by atoms with Crippen LogP contribution in [0.4, 0.5) is 0 Å². The van der Waals surface area contributed by atoms with Crippen molar-refractivity contribution in [3.8, 4) is 0 Å². The first kappa shape index (κ1) is 16.2. The molecule has 0 bridgehead atoms. The van der Waals surface area contributed by atoms with Gasteiger partial charge in [-0.3, -0.25) is 18.7 Å². The maximum absolute atomic E-state index is 12.3. The molecule has 1 aliphatic rings.